The minimum atomic E-state index is -3.46. The molecule has 0 bridgehead atoms. The van der Waals surface area contributed by atoms with Crippen LogP contribution in [0.5, 0.6) is 0 Å². The summed E-state index contributed by atoms with van der Waals surface area (Å²) in [5, 5.41) is 0. The number of nitrogens with one attached hydrogen (secondary N) is 1. The summed E-state index contributed by atoms with van der Waals surface area (Å²) in [6.45, 7) is 9.07. The molecule has 4 nitrogen and oxygen atoms in total. The van der Waals surface area contributed by atoms with E-state index in [0.29, 0.717) is 23.3 Å². The first-order valence-electron chi connectivity index (χ1n) is 8.05. The zero-order valence-electron chi connectivity index (χ0n) is 14.1. The normalized spacial score (nSPS) is 15.2. The van der Waals surface area contributed by atoms with Crippen molar-refractivity contribution >= 4 is 10.0 Å². The minimum Gasteiger partial charge on any atom is -0.330 e. The summed E-state index contributed by atoms with van der Waals surface area (Å²) in [4.78, 5) is 0.319. The highest BCUT2D eigenvalue weighted by Gasteiger charge is 2.23. The third kappa shape index (κ3) is 5.71. The number of rotatable bonds is 9. The highest BCUT2D eigenvalue weighted by molar-refractivity contribution is 7.89. The van der Waals surface area contributed by atoms with E-state index in [1.807, 2.05) is 19.9 Å². The number of sulfonamides is 1. The maximum atomic E-state index is 12.5. The fourth-order valence-electron chi connectivity index (χ4n) is 2.51. The lowest BCUT2D eigenvalue weighted by atomic mass is 9.88. The zero-order chi connectivity index (χ0) is 16.8. The highest BCUT2D eigenvalue weighted by Crippen LogP contribution is 2.21. The predicted octanol–water partition coefficient (Wildman–Crippen LogP) is 3.00. The average molecular weight is 327 g/mol. The van der Waals surface area contributed by atoms with Crippen LogP contribution >= 0.6 is 0 Å². The van der Waals surface area contributed by atoms with Gasteiger partial charge in [0.25, 0.3) is 0 Å². The maximum Gasteiger partial charge on any atom is 0.240 e. The fraction of sp³-hybridized carbons (Fsp3) is 0.647. The Morgan fingerprint density at radius 2 is 1.59 bits per heavy atom. The van der Waals surface area contributed by atoms with Gasteiger partial charge in [0.15, 0.2) is 0 Å². The summed E-state index contributed by atoms with van der Waals surface area (Å²) in [7, 11) is -3.46. The smallest absolute Gasteiger partial charge is 0.240 e. The Bertz CT molecular complexity index is 527. The highest BCUT2D eigenvalue weighted by atomic mass is 32.2. The van der Waals surface area contributed by atoms with Crippen LogP contribution in [-0.4, -0.2) is 21.0 Å². The molecule has 0 radical (unpaired) electrons. The molecule has 1 aromatic carbocycles. The van der Waals surface area contributed by atoms with Crippen molar-refractivity contribution in [1.82, 2.24) is 4.72 Å². The summed E-state index contributed by atoms with van der Waals surface area (Å²) in [5.41, 5.74) is 5.82. The Balaban J connectivity index is 2.76. The van der Waals surface area contributed by atoms with Gasteiger partial charge >= 0.3 is 0 Å². The van der Waals surface area contributed by atoms with Gasteiger partial charge < -0.3 is 5.73 Å². The molecule has 0 saturated carbocycles. The van der Waals surface area contributed by atoms with E-state index < -0.39 is 10.0 Å². The van der Waals surface area contributed by atoms with Crippen LogP contribution in [0.4, 0.5) is 0 Å². The van der Waals surface area contributed by atoms with E-state index in [0.717, 1.165) is 12.8 Å². The molecule has 0 unspecified atom stereocenters. The lowest BCUT2D eigenvalue weighted by molar-refractivity contribution is 0.319. The lowest BCUT2D eigenvalue weighted by Crippen LogP contribution is -2.39. The van der Waals surface area contributed by atoms with Crippen LogP contribution in [0.3, 0.4) is 0 Å². The third-order valence-electron chi connectivity index (χ3n) is 4.26. The van der Waals surface area contributed by atoms with Crippen LogP contribution < -0.4 is 10.5 Å². The molecule has 0 aliphatic carbocycles. The van der Waals surface area contributed by atoms with Crippen LogP contribution in [-0.2, 0) is 10.0 Å². The van der Waals surface area contributed by atoms with Gasteiger partial charge in [0, 0.05) is 6.04 Å². The van der Waals surface area contributed by atoms with Crippen molar-refractivity contribution in [2.24, 2.45) is 23.5 Å². The van der Waals surface area contributed by atoms with Gasteiger partial charge in [-0.25, -0.2) is 13.1 Å². The standard InChI is InChI=1S/C17H30N2O2S/c1-13(2)15(12-18)10-11-17(14(3)4)19-22(20,21)16-8-6-5-7-9-16/h5-9,13-15,17,19H,10-12,18H2,1-4H3/t15-,17-/m0/s1. The van der Waals surface area contributed by atoms with Crippen LogP contribution in [0, 0.1) is 17.8 Å². The zero-order valence-corrected chi connectivity index (χ0v) is 14.9. The molecule has 5 heteroatoms. The Labute approximate surface area is 135 Å². The maximum absolute atomic E-state index is 12.5. The van der Waals surface area contributed by atoms with Crippen molar-refractivity contribution in [3.8, 4) is 0 Å². The van der Waals surface area contributed by atoms with Crippen molar-refractivity contribution in [2.75, 3.05) is 6.54 Å². The number of hydrogen-bond donors (Lipinski definition) is 2. The van der Waals surface area contributed by atoms with Crippen molar-refractivity contribution in [1.29, 1.82) is 0 Å². The van der Waals surface area contributed by atoms with Gasteiger partial charge in [-0.3, -0.25) is 0 Å². The summed E-state index contributed by atoms with van der Waals surface area (Å²) < 4.78 is 27.8. The first-order chi connectivity index (χ1) is 10.3. The van der Waals surface area contributed by atoms with Crippen molar-refractivity contribution in [3.63, 3.8) is 0 Å². The van der Waals surface area contributed by atoms with E-state index >= 15 is 0 Å². The Hall–Kier alpha value is -0.910. The van der Waals surface area contributed by atoms with Crippen molar-refractivity contribution in [3.05, 3.63) is 30.3 Å². The predicted molar refractivity (Wildman–Crippen MR) is 92.0 cm³/mol. The van der Waals surface area contributed by atoms with E-state index in [9.17, 15) is 8.42 Å². The van der Waals surface area contributed by atoms with Gasteiger partial charge in [0.05, 0.1) is 4.90 Å². The molecular formula is C17H30N2O2S. The SMILES string of the molecule is CC(C)[C@H](CN)CC[C@H](NS(=O)(=O)c1ccccc1)C(C)C. The van der Waals surface area contributed by atoms with Gasteiger partial charge in [-0.05, 0) is 49.3 Å². The second-order valence-electron chi connectivity index (χ2n) is 6.60. The quantitative estimate of drug-likeness (QED) is 0.733. The van der Waals surface area contributed by atoms with Crippen molar-refractivity contribution in [2.45, 2.75) is 51.5 Å². The van der Waals surface area contributed by atoms with Gasteiger partial charge in [-0.2, -0.15) is 0 Å². The molecule has 126 valence electrons. The molecule has 2 atom stereocenters. The first kappa shape index (κ1) is 19.1. The third-order valence-corrected chi connectivity index (χ3v) is 5.76. The summed E-state index contributed by atoms with van der Waals surface area (Å²) >= 11 is 0. The summed E-state index contributed by atoms with van der Waals surface area (Å²) in [6.07, 6.45) is 1.75. The van der Waals surface area contributed by atoms with Gasteiger partial charge in [-0.15, -0.1) is 0 Å². The molecular weight excluding hydrogens is 296 g/mol. The van der Waals surface area contributed by atoms with Crippen LogP contribution in [0.15, 0.2) is 35.2 Å². The topological polar surface area (TPSA) is 72.2 Å². The average Bonchev–Trinajstić information content (AvgIpc) is 2.47. The Kier molecular flexibility index (Phi) is 7.53. The minimum absolute atomic E-state index is 0.0713. The number of nitrogens with two attached hydrogens (primary N) is 1. The van der Waals surface area contributed by atoms with Crippen LogP contribution in [0.2, 0.25) is 0 Å². The Morgan fingerprint density at radius 3 is 2.05 bits per heavy atom. The van der Waals surface area contributed by atoms with E-state index in [1.54, 1.807) is 24.3 Å². The van der Waals surface area contributed by atoms with Gasteiger partial charge in [0.1, 0.15) is 0 Å². The largest absolute Gasteiger partial charge is 0.330 e. The molecule has 22 heavy (non-hydrogen) atoms. The molecule has 0 aromatic heterocycles. The summed E-state index contributed by atoms with van der Waals surface area (Å²) in [5.74, 6) is 1.19. The second kappa shape index (κ2) is 8.65. The molecule has 0 aliphatic heterocycles. The van der Waals surface area contributed by atoms with Crippen LogP contribution in [0.1, 0.15) is 40.5 Å². The molecule has 0 fully saturated rings. The van der Waals surface area contributed by atoms with Crippen molar-refractivity contribution < 1.29 is 8.42 Å². The molecule has 0 saturated heterocycles. The first-order valence-corrected chi connectivity index (χ1v) is 9.53. The van der Waals surface area contributed by atoms with E-state index in [1.165, 1.54) is 0 Å². The molecule has 0 spiro atoms. The van der Waals surface area contributed by atoms with Crippen LogP contribution in [0.25, 0.3) is 0 Å². The van der Waals surface area contributed by atoms with E-state index in [4.69, 9.17) is 5.73 Å². The summed E-state index contributed by atoms with van der Waals surface area (Å²) in [6, 6.07) is 8.46. The number of hydrogen-bond acceptors (Lipinski definition) is 3. The monoisotopic (exact) mass is 326 g/mol. The molecule has 0 amide bonds. The molecule has 1 aromatic rings. The van der Waals surface area contributed by atoms with E-state index in [2.05, 4.69) is 18.6 Å². The van der Waals surface area contributed by atoms with E-state index in [-0.39, 0.29) is 12.0 Å². The molecule has 0 aliphatic rings. The second-order valence-corrected chi connectivity index (χ2v) is 8.32. The molecule has 3 N–H and O–H groups in total. The molecule has 1 rings (SSSR count). The van der Waals surface area contributed by atoms with Gasteiger partial charge in [0.2, 0.25) is 10.0 Å². The number of benzene rings is 1. The lowest BCUT2D eigenvalue weighted by Gasteiger charge is -2.26. The van der Waals surface area contributed by atoms with Gasteiger partial charge in [-0.1, -0.05) is 45.9 Å². The Morgan fingerprint density at radius 1 is 1.00 bits per heavy atom. The fourth-order valence-corrected chi connectivity index (χ4v) is 3.95. The molecule has 0 heterocycles.